The molecule has 0 radical (unpaired) electrons. The fourth-order valence-corrected chi connectivity index (χ4v) is 2.15. The van der Waals surface area contributed by atoms with Crippen molar-refractivity contribution in [1.29, 1.82) is 0 Å². The molecule has 20 heavy (non-hydrogen) atoms. The van der Waals surface area contributed by atoms with Gasteiger partial charge < -0.3 is 10.5 Å². The van der Waals surface area contributed by atoms with Gasteiger partial charge in [-0.3, -0.25) is 4.57 Å². The number of hydrogen-bond donors (Lipinski definition) is 1. The molecule has 0 atom stereocenters. The van der Waals surface area contributed by atoms with Crippen LogP contribution in [0.4, 0.5) is 5.82 Å². The molecule has 2 aromatic rings. The Hall–Kier alpha value is -2.01. The number of imidazole rings is 1. The fraction of sp³-hybridized carbons (Fsp3) is 0.286. The van der Waals surface area contributed by atoms with Crippen LogP contribution >= 0.6 is 11.6 Å². The summed E-state index contributed by atoms with van der Waals surface area (Å²) in [5, 5.41) is 0.636. The van der Waals surface area contributed by atoms with E-state index in [0.717, 1.165) is 11.3 Å². The van der Waals surface area contributed by atoms with Crippen LogP contribution in [-0.2, 0) is 11.2 Å². The maximum atomic E-state index is 11.7. The molecule has 1 aromatic heterocycles. The first-order valence-electron chi connectivity index (χ1n) is 6.21. The lowest BCUT2D eigenvalue weighted by Gasteiger charge is -2.10. The molecule has 0 saturated heterocycles. The summed E-state index contributed by atoms with van der Waals surface area (Å²) in [6, 6.07) is 5.59. The third-order valence-corrected chi connectivity index (χ3v) is 3.50. The Labute approximate surface area is 122 Å². The number of benzene rings is 1. The SMILES string of the molecule is CCc1nc(C(=O)OC)c(N)n1-c1ccc(C)c(Cl)c1. The molecule has 6 heteroatoms. The van der Waals surface area contributed by atoms with E-state index in [1.54, 1.807) is 10.6 Å². The Morgan fingerprint density at radius 2 is 2.20 bits per heavy atom. The number of carbonyl (C=O) groups excluding carboxylic acids is 1. The van der Waals surface area contributed by atoms with Gasteiger partial charge in [0.2, 0.25) is 0 Å². The van der Waals surface area contributed by atoms with Crippen molar-refractivity contribution in [3.8, 4) is 5.69 Å². The van der Waals surface area contributed by atoms with Crippen molar-refractivity contribution in [2.45, 2.75) is 20.3 Å². The van der Waals surface area contributed by atoms with Gasteiger partial charge in [0.15, 0.2) is 5.69 Å². The number of nitrogens with two attached hydrogens (primary N) is 1. The van der Waals surface area contributed by atoms with Gasteiger partial charge in [0.1, 0.15) is 11.6 Å². The van der Waals surface area contributed by atoms with Crippen LogP contribution in [0.5, 0.6) is 0 Å². The fourth-order valence-electron chi connectivity index (χ4n) is 1.97. The van der Waals surface area contributed by atoms with E-state index >= 15 is 0 Å². The Balaban J connectivity index is 2.63. The van der Waals surface area contributed by atoms with Crippen molar-refractivity contribution >= 4 is 23.4 Å². The van der Waals surface area contributed by atoms with Crippen LogP contribution < -0.4 is 5.73 Å². The van der Waals surface area contributed by atoms with Crippen LogP contribution in [-0.4, -0.2) is 22.6 Å². The molecule has 0 unspecified atom stereocenters. The van der Waals surface area contributed by atoms with Gasteiger partial charge in [-0.15, -0.1) is 0 Å². The Morgan fingerprint density at radius 3 is 2.75 bits per heavy atom. The molecule has 2 N–H and O–H groups in total. The van der Waals surface area contributed by atoms with Crippen LogP contribution in [0.3, 0.4) is 0 Å². The van der Waals surface area contributed by atoms with E-state index in [4.69, 9.17) is 17.3 Å². The highest BCUT2D eigenvalue weighted by Crippen LogP contribution is 2.25. The largest absolute Gasteiger partial charge is 0.464 e. The number of aryl methyl sites for hydroxylation is 2. The molecule has 0 amide bonds. The van der Waals surface area contributed by atoms with Crippen LogP contribution in [0.2, 0.25) is 5.02 Å². The van der Waals surface area contributed by atoms with E-state index in [2.05, 4.69) is 9.72 Å². The zero-order valence-corrected chi connectivity index (χ0v) is 12.4. The minimum absolute atomic E-state index is 0.126. The van der Waals surface area contributed by atoms with Crippen LogP contribution in [0.25, 0.3) is 5.69 Å². The highest BCUT2D eigenvalue weighted by molar-refractivity contribution is 6.31. The minimum Gasteiger partial charge on any atom is -0.464 e. The van der Waals surface area contributed by atoms with Crippen molar-refractivity contribution < 1.29 is 9.53 Å². The molecule has 1 aromatic carbocycles. The predicted molar refractivity (Wildman–Crippen MR) is 78.4 cm³/mol. The lowest BCUT2D eigenvalue weighted by molar-refractivity contribution is 0.0596. The monoisotopic (exact) mass is 293 g/mol. The van der Waals surface area contributed by atoms with Gasteiger partial charge in [0.05, 0.1) is 12.8 Å². The number of rotatable bonds is 3. The number of anilines is 1. The zero-order valence-electron chi connectivity index (χ0n) is 11.6. The van der Waals surface area contributed by atoms with E-state index in [-0.39, 0.29) is 11.5 Å². The quantitative estimate of drug-likeness (QED) is 0.883. The van der Waals surface area contributed by atoms with Crippen molar-refractivity contribution in [2.75, 3.05) is 12.8 Å². The summed E-state index contributed by atoms with van der Waals surface area (Å²) in [4.78, 5) is 15.9. The molecule has 0 spiro atoms. The molecule has 0 aliphatic heterocycles. The summed E-state index contributed by atoms with van der Waals surface area (Å²) in [5.74, 6) is 0.394. The molecule has 2 rings (SSSR count). The Kier molecular flexibility index (Phi) is 3.99. The number of ether oxygens (including phenoxy) is 1. The highest BCUT2D eigenvalue weighted by atomic mass is 35.5. The van der Waals surface area contributed by atoms with Crippen LogP contribution in [0, 0.1) is 6.92 Å². The van der Waals surface area contributed by atoms with Gasteiger partial charge in [-0.2, -0.15) is 0 Å². The summed E-state index contributed by atoms with van der Waals surface area (Å²) >= 11 is 6.14. The van der Waals surface area contributed by atoms with Gasteiger partial charge in [-0.1, -0.05) is 24.6 Å². The maximum absolute atomic E-state index is 11.7. The normalized spacial score (nSPS) is 10.6. The van der Waals surface area contributed by atoms with Crippen LogP contribution in [0.1, 0.15) is 28.8 Å². The molecule has 0 fully saturated rings. The molecular formula is C14H16ClN3O2. The standard InChI is InChI=1S/C14H16ClN3O2/c1-4-11-17-12(14(19)20-3)13(16)18(11)9-6-5-8(2)10(15)7-9/h5-7H,4,16H2,1-3H3. The topological polar surface area (TPSA) is 70.1 Å². The molecule has 0 saturated carbocycles. The molecule has 1 heterocycles. The van der Waals surface area contributed by atoms with E-state index in [0.29, 0.717) is 17.3 Å². The average Bonchev–Trinajstić information content (AvgIpc) is 2.78. The number of esters is 1. The molecule has 0 aliphatic carbocycles. The summed E-state index contributed by atoms with van der Waals surface area (Å²) in [7, 11) is 1.30. The number of nitrogens with zero attached hydrogens (tertiary/aromatic N) is 2. The van der Waals surface area contributed by atoms with E-state index in [1.165, 1.54) is 7.11 Å². The summed E-state index contributed by atoms with van der Waals surface area (Å²) in [5.41, 5.74) is 7.91. The third kappa shape index (κ3) is 2.36. The smallest absolute Gasteiger partial charge is 0.360 e. The molecular weight excluding hydrogens is 278 g/mol. The Morgan fingerprint density at radius 1 is 1.50 bits per heavy atom. The first-order valence-corrected chi connectivity index (χ1v) is 6.59. The van der Waals surface area contributed by atoms with Crippen molar-refractivity contribution in [3.05, 3.63) is 40.3 Å². The second-order valence-electron chi connectivity index (χ2n) is 4.38. The maximum Gasteiger partial charge on any atom is 0.360 e. The first kappa shape index (κ1) is 14.4. The van der Waals surface area contributed by atoms with Gasteiger partial charge in [-0.25, -0.2) is 9.78 Å². The van der Waals surface area contributed by atoms with Crippen LogP contribution in [0.15, 0.2) is 18.2 Å². The molecule has 5 nitrogen and oxygen atoms in total. The second-order valence-corrected chi connectivity index (χ2v) is 4.78. The Bertz CT molecular complexity index is 665. The van der Waals surface area contributed by atoms with Gasteiger partial charge >= 0.3 is 5.97 Å². The first-order chi connectivity index (χ1) is 9.49. The van der Waals surface area contributed by atoms with E-state index < -0.39 is 5.97 Å². The lowest BCUT2D eigenvalue weighted by Crippen LogP contribution is -2.08. The predicted octanol–water partition coefficient (Wildman–Crippen LogP) is 2.77. The van der Waals surface area contributed by atoms with Gasteiger partial charge in [0.25, 0.3) is 0 Å². The zero-order chi connectivity index (χ0) is 14.9. The van der Waals surface area contributed by atoms with E-state index in [9.17, 15) is 4.79 Å². The lowest BCUT2D eigenvalue weighted by atomic mass is 10.2. The summed E-state index contributed by atoms with van der Waals surface area (Å²) in [6.45, 7) is 3.86. The number of carbonyl (C=O) groups is 1. The van der Waals surface area contributed by atoms with E-state index in [1.807, 2.05) is 26.0 Å². The van der Waals surface area contributed by atoms with Gasteiger partial charge in [-0.05, 0) is 24.6 Å². The molecule has 0 aliphatic rings. The second kappa shape index (κ2) is 5.54. The highest BCUT2D eigenvalue weighted by Gasteiger charge is 2.21. The van der Waals surface area contributed by atoms with Gasteiger partial charge in [0, 0.05) is 11.4 Å². The average molecular weight is 294 g/mol. The molecule has 106 valence electrons. The van der Waals surface area contributed by atoms with Crippen molar-refractivity contribution in [3.63, 3.8) is 0 Å². The molecule has 0 bridgehead atoms. The van der Waals surface area contributed by atoms with Crippen molar-refractivity contribution in [2.24, 2.45) is 0 Å². The summed E-state index contributed by atoms with van der Waals surface area (Å²) in [6.07, 6.45) is 0.632. The number of methoxy groups -OCH3 is 1. The number of hydrogen-bond acceptors (Lipinski definition) is 4. The third-order valence-electron chi connectivity index (χ3n) is 3.09. The number of nitrogen functional groups attached to an aromatic ring is 1. The van der Waals surface area contributed by atoms with Crippen molar-refractivity contribution in [1.82, 2.24) is 9.55 Å². The minimum atomic E-state index is -0.547. The number of halogens is 1. The number of aromatic nitrogens is 2. The summed E-state index contributed by atoms with van der Waals surface area (Å²) < 4.78 is 6.41.